The van der Waals surface area contributed by atoms with E-state index in [0.717, 1.165) is 30.7 Å². The summed E-state index contributed by atoms with van der Waals surface area (Å²) in [7, 11) is 0. The SMILES string of the molecule is CC(C)(C)OC(=O)NC1CCN(Cc2ccc(C(F)(F)F)cc2Br)C1. The molecule has 1 aromatic rings. The number of carbonyl (C=O) groups is 1. The minimum absolute atomic E-state index is 0.0249. The monoisotopic (exact) mass is 422 g/mol. The molecule has 25 heavy (non-hydrogen) atoms. The Morgan fingerprint density at radius 2 is 2.04 bits per heavy atom. The van der Waals surface area contributed by atoms with Crippen LogP contribution in [0.2, 0.25) is 0 Å². The van der Waals surface area contributed by atoms with Crippen molar-refractivity contribution in [2.45, 2.75) is 51.6 Å². The molecule has 0 saturated carbocycles. The number of benzene rings is 1. The fourth-order valence-corrected chi connectivity index (χ4v) is 3.17. The maximum atomic E-state index is 12.7. The summed E-state index contributed by atoms with van der Waals surface area (Å²) >= 11 is 3.22. The molecule has 0 spiro atoms. The number of nitrogens with zero attached hydrogens (tertiary/aromatic N) is 1. The highest BCUT2D eigenvalue weighted by molar-refractivity contribution is 9.10. The molecule has 2 rings (SSSR count). The number of likely N-dealkylation sites (tertiary alicyclic amines) is 1. The zero-order valence-corrected chi connectivity index (χ0v) is 16.0. The van der Waals surface area contributed by atoms with Crippen LogP contribution >= 0.6 is 15.9 Å². The van der Waals surface area contributed by atoms with Crippen molar-refractivity contribution in [2.24, 2.45) is 0 Å². The third-order valence-electron chi connectivity index (χ3n) is 3.77. The summed E-state index contributed by atoms with van der Waals surface area (Å²) in [6.45, 7) is 7.31. The van der Waals surface area contributed by atoms with Gasteiger partial charge in [0.15, 0.2) is 0 Å². The van der Waals surface area contributed by atoms with Gasteiger partial charge < -0.3 is 10.1 Å². The lowest BCUT2D eigenvalue weighted by Gasteiger charge is -2.22. The van der Waals surface area contributed by atoms with Gasteiger partial charge in [0, 0.05) is 30.1 Å². The fourth-order valence-electron chi connectivity index (χ4n) is 2.66. The number of ether oxygens (including phenoxy) is 1. The topological polar surface area (TPSA) is 41.6 Å². The summed E-state index contributed by atoms with van der Waals surface area (Å²) in [6, 6.07) is 3.65. The minimum Gasteiger partial charge on any atom is -0.444 e. The van der Waals surface area contributed by atoms with E-state index in [1.807, 2.05) is 0 Å². The summed E-state index contributed by atoms with van der Waals surface area (Å²) in [6.07, 6.45) is -4.02. The average Bonchev–Trinajstić information content (AvgIpc) is 2.84. The van der Waals surface area contributed by atoms with Gasteiger partial charge in [-0.25, -0.2) is 4.79 Å². The zero-order valence-electron chi connectivity index (χ0n) is 14.4. The van der Waals surface area contributed by atoms with Crippen LogP contribution in [-0.2, 0) is 17.5 Å². The minimum atomic E-state index is -4.35. The van der Waals surface area contributed by atoms with Gasteiger partial charge in [-0.1, -0.05) is 22.0 Å². The predicted molar refractivity (Wildman–Crippen MR) is 92.2 cm³/mol. The van der Waals surface area contributed by atoms with Crippen LogP contribution in [0.5, 0.6) is 0 Å². The molecule has 0 radical (unpaired) electrons. The van der Waals surface area contributed by atoms with Gasteiger partial charge in [0.1, 0.15) is 5.60 Å². The number of rotatable bonds is 3. The van der Waals surface area contributed by atoms with Gasteiger partial charge in [0.2, 0.25) is 0 Å². The van der Waals surface area contributed by atoms with Crippen molar-refractivity contribution in [3.05, 3.63) is 33.8 Å². The second-order valence-electron chi connectivity index (χ2n) is 7.17. The Morgan fingerprint density at radius 1 is 1.36 bits per heavy atom. The molecule has 1 aliphatic heterocycles. The van der Waals surface area contributed by atoms with E-state index in [9.17, 15) is 18.0 Å². The summed E-state index contributed by atoms with van der Waals surface area (Å²) < 4.78 is 43.8. The van der Waals surface area contributed by atoms with E-state index in [1.54, 1.807) is 20.8 Å². The van der Waals surface area contributed by atoms with Crippen LogP contribution < -0.4 is 5.32 Å². The lowest BCUT2D eigenvalue weighted by atomic mass is 10.1. The first-order chi connectivity index (χ1) is 11.4. The number of amides is 1. The van der Waals surface area contributed by atoms with Crippen molar-refractivity contribution >= 4 is 22.0 Å². The zero-order chi connectivity index (χ0) is 18.8. The summed E-state index contributed by atoms with van der Waals surface area (Å²) in [5.41, 5.74) is -0.437. The average molecular weight is 423 g/mol. The van der Waals surface area contributed by atoms with E-state index in [-0.39, 0.29) is 6.04 Å². The predicted octanol–water partition coefficient (Wildman–Crippen LogP) is 4.57. The molecule has 1 unspecified atom stereocenters. The number of hydrogen-bond donors (Lipinski definition) is 1. The normalized spacial score (nSPS) is 19.1. The van der Waals surface area contributed by atoms with Crippen LogP contribution in [0.4, 0.5) is 18.0 Å². The quantitative estimate of drug-likeness (QED) is 0.775. The van der Waals surface area contributed by atoms with Gasteiger partial charge >= 0.3 is 12.3 Å². The van der Waals surface area contributed by atoms with Crippen LogP contribution in [0.1, 0.15) is 38.3 Å². The smallest absolute Gasteiger partial charge is 0.416 e. The third-order valence-corrected chi connectivity index (χ3v) is 4.51. The Morgan fingerprint density at radius 3 is 2.60 bits per heavy atom. The van der Waals surface area contributed by atoms with Crippen molar-refractivity contribution in [1.82, 2.24) is 10.2 Å². The van der Waals surface area contributed by atoms with Gasteiger partial charge in [-0.05, 0) is 44.9 Å². The molecule has 0 aliphatic carbocycles. The van der Waals surface area contributed by atoms with E-state index in [1.165, 1.54) is 6.07 Å². The van der Waals surface area contributed by atoms with Gasteiger partial charge in [0.25, 0.3) is 0 Å². The highest BCUT2D eigenvalue weighted by Gasteiger charge is 2.31. The van der Waals surface area contributed by atoms with E-state index < -0.39 is 23.4 Å². The second-order valence-corrected chi connectivity index (χ2v) is 8.03. The Labute approximate surface area is 153 Å². The number of halogens is 4. The molecular weight excluding hydrogens is 401 g/mol. The molecule has 1 aromatic carbocycles. The number of carbonyl (C=O) groups excluding carboxylic acids is 1. The van der Waals surface area contributed by atoms with E-state index in [0.29, 0.717) is 17.6 Å². The standard InChI is InChI=1S/C17H22BrF3N2O2/c1-16(2,3)25-15(24)22-13-6-7-23(10-13)9-11-4-5-12(8-14(11)18)17(19,20)21/h4-5,8,13H,6-7,9-10H2,1-3H3,(H,22,24). The Balaban J connectivity index is 1.90. The maximum absolute atomic E-state index is 12.7. The first-order valence-electron chi connectivity index (χ1n) is 8.01. The largest absolute Gasteiger partial charge is 0.444 e. The second kappa shape index (κ2) is 7.53. The van der Waals surface area contributed by atoms with Crippen LogP contribution in [0, 0.1) is 0 Å². The van der Waals surface area contributed by atoms with E-state index in [2.05, 4.69) is 26.1 Å². The van der Waals surface area contributed by atoms with Crippen molar-refractivity contribution in [3.63, 3.8) is 0 Å². The van der Waals surface area contributed by atoms with Gasteiger partial charge in [0.05, 0.1) is 5.56 Å². The molecule has 1 heterocycles. The lowest BCUT2D eigenvalue weighted by Crippen LogP contribution is -2.40. The Bertz CT molecular complexity index is 629. The molecule has 1 fully saturated rings. The molecule has 4 nitrogen and oxygen atoms in total. The number of nitrogens with one attached hydrogen (secondary N) is 1. The number of alkyl halides is 3. The summed E-state index contributed by atoms with van der Waals surface area (Å²) in [5, 5.41) is 2.83. The van der Waals surface area contributed by atoms with Crippen LogP contribution in [0.15, 0.2) is 22.7 Å². The molecule has 140 valence electrons. The first-order valence-corrected chi connectivity index (χ1v) is 8.81. The molecule has 0 aromatic heterocycles. The molecular formula is C17H22BrF3N2O2. The maximum Gasteiger partial charge on any atom is 0.416 e. The van der Waals surface area contributed by atoms with Crippen LogP contribution in [-0.4, -0.2) is 35.7 Å². The molecule has 1 N–H and O–H groups in total. The highest BCUT2D eigenvalue weighted by atomic mass is 79.9. The summed E-state index contributed by atoms with van der Waals surface area (Å²) in [4.78, 5) is 13.9. The van der Waals surface area contributed by atoms with Crippen LogP contribution in [0.25, 0.3) is 0 Å². The molecule has 1 atom stereocenters. The van der Waals surface area contributed by atoms with Gasteiger partial charge in [-0.15, -0.1) is 0 Å². The van der Waals surface area contributed by atoms with E-state index in [4.69, 9.17) is 4.74 Å². The van der Waals surface area contributed by atoms with Crippen molar-refractivity contribution < 1.29 is 22.7 Å². The van der Waals surface area contributed by atoms with Gasteiger partial charge in [-0.3, -0.25) is 4.90 Å². The van der Waals surface area contributed by atoms with Crippen molar-refractivity contribution in [2.75, 3.05) is 13.1 Å². The third kappa shape index (κ3) is 6.18. The van der Waals surface area contributed by atoms with Crippen molar-refractivity contribution in [1.29, 1.82) is 0 Å². The van der Waals surface area contributed by atoms with Crippen LogP contribution in [0.3, 0.4) is 0 Å². The van der Waals surface area contributed by atoms with Crippen molar-refractivity contribution in [3.8, 4) is 0 Å². The fraction of sp³-hybridized carbons (Fsp3) is 0.588. The molecule has 8 heteroatoms. The lowest BCUT2D eigenvalue weighted by molar-refractivity contribution is -0.137. The Hall–Kier alpha value is -1.28. The van der Waals surface area contributed by atoms with Gasteiger partial charge in [-0.2, -0.15) is 13.2 Å². The molecule has 0 bridgehead atoms. The Kier molecular flexibility index (Phi) is 6.04. The number of alkyl carbamates (subject to hydrolysis) is 1. The van der Waals surface area contributed by atoms with E-state index >= 15 is 0 Å². The molecule has 1 amide bonds. The first kappa shape index (κ1) is 20.0. The number of hydrogen-bond acceptors (Lipinski definition) is 3. The highest BCUT2D eigenvalue weighted by Crippen LogP contribution is 2.32. The molecule has 1 saturated heterocycles. The summed E-state index contributed by atoms with van der Waals surface area (Å²) in [5.74, 6) is 0. The molecule has 1 aliphatic rings.